The fourth-order valence-electron chi connectivity index (χ4n) is 3.26. The molecule has 0 unspecified atom stereocenters. The average molecular weight is 442 g/mol. The Morgan fingerprint density at radius 1 is 1.03 bits per heavy atom. The highest BCUT2D eigenvalue weighted by Gasteiger charge is 2.27. The van der Waals surface area contributed by atoms with Gasteiger partial charge in [-0.2, -0.15) is 5.10 Å². The van der Waals surface area contributed by atoms with E-state index in [-0.39, 0.29) is 19.4 Å². The highest BCUT2D eigenvalue weighted by atomic mass is 31.2. The molecule has 0 amide bonds. The van der Waals surface area contributed by atoms with Crippen LogP contribution in [0, 0.1) is 0 Å². The molecule has 8 heteroatoms. The Labute approximate surface area is 182 Å². The molecule has 0 fully saturated rings. The number of hydrogen-bond acceptors (Lipinski definition) is 6. The van der Waals surface area contributed by atoms with Crippen LogP contribution in [0.2, 0.25) is 0 Å². The molecule has 0 bridgehead atoms. The third kappa shape index (κ3) is 5.91. The lowest BCUT2D eigenvalue weighted by Crippen LogP contribution is -2.08. The van der Waals surface area contributed by atoms with Crippen LogP contribution >= 0.6 is 7.60 Å². The number of aromatic nitrogens is 2. The fourth-order valence-corrected chi connectivity index (χ4v) is 4.95. The van der Waals surface area contributed by atoms with E-state index in [1.165, 1.54) is 0 Å². The van der Waals surface area contributed by atoms with Crippen LogP contribution in [0.3, 0.4) is 0 Å². The van der Waals surface area contributed by atoms with Crippen LogP contribution in [-0.2, 0) is 26.3 Å². The number of methoxy groups -OCH3 is 1. The maximum absolute atomic E-state index is 13.2. The molecule has 0 aliphatic carbocycles. The topological polar surface area (TPSA) is 79.7 Å². The van der Waals surface area contributed by atoms with Gasteiger partial charge in [0, 0.05) is 11.1 Å². The summed E-state index contributed by atoms with van der Waals surface area (Å²) in [4.78, 5) is 11.2. The Hall–Kier alpha value is -2.73. The third-order valence-corrected chi connectivity index (χ3v) is 6.69. The van der Waals surface area contributed by atoms with Gasteiger partial charge in [0.15, 0.2) is 0 Å². The van der Waals surface area contributed by atoms with Crippen molar-refractivity contribution in [2.75, 3.05) is 20.3 Å². The van der Waals surface area contributed by atoms with Crippen molar-refractivity contribution in [1.29, 1.82) is 0 Å². The van der Waals surface area contributed by atoms with Crippen LogP contribution in [-0.4, -0.2) is 36.4 Å². The zero-order chi connectivity index (χ0) is 22.3. The van der Waals surface area contributed by atoms with Crippen molar-refractivity contribution in [3.63, 3.8) is 0 Å². The van der Waals surface area contributed by atoms with Gasteiger partial charge in [-0.3, -0.25) is 14.0 Å². The molecule has 164 valence electrons. The van der Waals surface area contributed by atoms with Crippen LogP contribution in [0.15, 0.2) is 54.6 Å². The Morgan fingerprint density at radius 3 is 2.35 bits per heavy atom. The molecule has 3 aromatic rings. The van der Waals surface area contributed by atoms with Crippen LogP contribution in [0.4, 0.5) is 0 Å². The summed E-state index contributed by atoms with van der Waals surface area (Å²) < 4.78 is 31.2. The molecular formula is C23H27N2O5P. The van der Waals surface area contributed by atoms with E-state index in [1.807, 2.05) is 42.5 Å². The van der Waals surface area contributed by atoms with Crippen molar-refractivity contribution in [3.05, 3.63) is 71.4 Å². The predicted octanol–water partition coefficient (Wildman–Crippen LogP) is 5.19. The second-order valence-electron chi connectivity index (χ2n) is 6.87. The lowest BCUT2D eigenvalue weighted by molar-refractivity contribution is 0.112. The van der Waals surface area contributed by atoms with Crippen LogP contribution in [0.1, 0.15) is 35.5 Å². The number of carbonyl (C=O) groups is 1. The molecular weight excluding hydrogens is 415 g/mol. The minimum Gasteiger partial charge on any atom is -0.497 e. The molecule has 2 aromatic carbocycles. The summed E-state index contributed by atoms with van der Waals surface area (Å²) >= 11 is 0. The van der Waals surface area contributed by atoms with Crippen LogP contribution in [0.5, 0.6) is 5.75 Å². The van der Waals surface area contributed by atoms with Crippen LogP contribution < -0.4 is 4.74 Å². The molecule has 0 aliphatic rings. The second-order valence-corrected chi connectivity index (χ2v) is 8.93. The van der Waals surface area contributed by atoms with Crippen molar-refractivity contribution in [3.8, 4) is 17.0 Å². The highest BCUT2D eigenvalue weighted by molar-refractivity contribution is 7.53. The molecule has 1 aromatic heterocycles. The molecule has 1 heterocycles. The molecule has 0 N–H and O–H groups in total. The molecule has 0 spiro atoms. The largest absolute Gasteiger partial charge is 0.497 e. The van der Waals surface area contributed by atoms with Gasteiger partial charge in [0.05, 0.1) is 44.4 Å². The number of hydrogen-bond donors (Lipinski definition) is 0. The highest BCUT2D eigenvalue weighted by Crippen LogP contribution is 2.51. The first-order valence-corrected chi connectivity index (χ1v) is 11.9. The minimum absolute atomic E-state index is 0.102. The summed E-state index contributed by atoms with van der Waals surface area (Å²) in [6.45, 7) is 4.63. The summed E-state index contributed by atoms with van der Waals surface area (Å²) in [5.41, 5.74) is 3.81. The number of nitrogens with zero attached hydrogens (tertiary/aromatic N) is 2. The Bertz CT molecular complexity index is 1050. The predicted molar refractivity (Wildman–Crippen MR) is 120 cm³/mol. The van der Waals surface area contributed by atoms with E-state index < -0.39 is 7.60 Å². The third-order valence-electron chi connectivity index (χ3n) is 4.68. The summed E-state index contributed by atoms with van der Waals surface area (Å²) in [7, 11) is -1.69. The van der Waals surface area contributed by atoms with Crippen molar-refractivity contribution < 1.29 is 23.1 Å². The fraction of sp³-hybridized carbons (Fsp3) is 0.304. The summed E-state index contributed by atoms with van der Waals surface area (Å²) in [6, 6.07) is 16.8. The Kier molecular flexibility index (Phi) is 7.80. The quantitative estimate of drug-likeness (QED) is 0.301. The molecule has 0 atom stereocenters. The minimum atomic E-state index is -3.32. The SMILES string of the molecule is CCOP(=O)(Cc1cc(-c2cccc(C=O)c2)nn1Cc1ccc(OC)cc1)OCC. The van der Waals surface area contributed by atoms with Gasteiger partial charge in [0.1, 0.15) is 12.0 Å². The summed E-state index contributed by atoms with van der Waals surface area (Å²) in [5, 5.41) is 4.74. The summed E-state index contributed by atoms with van der Waals surface area (Å²) in [6.07, 6.45) is 0.905. The molecule has 0 radical (unpaired) electrons. The molecule has 3 rings (SSSR count). The van der Waals surface area contributed by atoms with Crippen molar-refractivity contribution >= 4 is 13.9 Å². The smallest absolute Gasteiger partial charge is 0.336 e. The van der Waals surface area contributed by atoms with Crippen molar-refractivity contribution in [1.82, 2.24) is 9.78 Å². The molecule has 0 aliphatic heterocycles. The lowest BCUT2D eigenvalue weighted by Gasteiger charge is -2.17. The average Bonchev–Trinajstić information content (AvgIpc) is 3.16. The molecule has 7 nitrogen and oxygen atoms in total. The van der Waals surface area contributed by atoms with Crippen molar-refractivity contribution in [2.24, 2.45) is 0 Å². The van der Waals surface area contributed by atoms with Gasteiger partial charge < -0.3 is 13.8 Å². The summed E-state index contributed by atoms with van der Waals surface area (Å²) in [5.74, 6) is 0.771. The van der Waals surface area contributed by atoms with Crippen LogP contribution in [0.25, 0.3) is 11.3 Å². The van der Waals surface area contributed by atoms with Gasteiger partial charge in [-0.05, 0) is 43.7 Å². The number of aldehydes is 1. The van der Waals surface area contributed by atoms with E-state index in [4.69, 9.17) is 18.9 Å². The number of carbonyl (C=O) groups excluding carboxylic acids is 1. The van der Waals surface area contributed by atoms with Gasteiger partial charge in [0.2, 0.25) is 0 Å². The van der Waals surface area contributed by atoms with Gasteiger partial charge in [-0.15, -0.1) is 0 Å². The zero-order valence-electron chi connectivity index (χ0n) is 18.0. The zero-order valence-corrected chi connectivity index (χ0v) is 18.9. The maximum atomic E-state index is 13.2. The number of benzene rings is 2. The first-order chi connectivity index (χ1) is 15.0. The normalized spacial score (nSPS) is 11.5. The molecule has 0 saturated carbocycles. The second kappa shape index (κ2) is 10.5. The lowest BCUT2D eigenvalue weighted by atomic mass is 10.1. The van der Waals surface area contributed by atoms with E-state index in [1.54, 1.807) is 37.8 Å². The monoisotopic (exact) mass is 442 g/mol. The maximum Gasteiger partial charge on any atom is 0.336 e. The van der Waals surface area contributed by atoms with Gasteiger partial charge in [0.25, 0.3) is 0 Å². The van der Waals surface area contributed by atoms with Gasteiger partial charge >= 0.3 is 7.60 Å². The first kappa shape index (κ1) is 22.9. The molecule has 0 saturated heterocycles. The Balaban J connectivity index is 1.99. The van der Waals surface area contributed by atoms with E-state index in [0.717, 1.165) is 28.9 Å². The number of rotatable bonds is 11. The van der Waals surface area contributed by atoms with Gasteiger partial charge in [-0.25, -0.2) is 0 Å². The standard InChI is InChI=1S/C23H27N2O5P/c1-4-29-31(27,30-5-2)17-21-14-23(20-8-6-7-19(13-20)16-26)24-25(21)15-18-9-11-22(28-3)12-10-18/h6-14,16H,4-5,15,17H2,1-3H3. The van der Waals surface area contributed by atoms with E-state index in [2.05, 4.69) is 0 Å². The number of ether oxygens (including phenoxy) is 1. The molecule has 31 heavy (non-hydrogen) atoms. The Morgan fingerprint density at radius 2 is 1.74 bits per heavy atom. The van der Waals surface area contributed by atoms with Crippen molar-refractivity contribution in [2.45, 2.75) is 26.6 Å². The van der Waals surface area contributed by atoms with E-state index in [9.17, 15) is 9.36 Å². The van der Waals surface area contributed by atoms with E-state index in [0.29, 0.717) is 17.8 Å². The first-order valence-electron chi connectivity index (χ1n) is 10.1. The van der Waals surface area contributed by atoms with E-state index >= 15 is 0 Å². The van der Waals surface area contributed by atoms with Gasteiger partial charge in [-0.1, -0.05) is 30.3 Å².